The molecule has 0 aliphatic carbocycles. The van der Waals surface area contributed by atoms with Gasteiger partial charge in [-0.05, 0) is 30.3 Å². The van der Waals surface area contributed by atoms with Crippen molar-refractivity contribution in [2.75, 3.05) is 12.8 Å². The highest BCUT2D eigenvalue weighted by Crippen LogP contribution is 2.21. The van der Waals surface area contributed by atoms with Crippen LogP contribution in [0.1, 0.15) is 0 Å². The molecule has 3 rings (SSSR count). The Balaban J connectivity index is 1.81. The maximum Gasteiger partial charge on any atom is 0.145 e. The van der Waals surface area contributed by atoms with Crippen LogP contribution in [0.5, 0.6) is 5.75 Å². The molecule has 0 aliphatic rings. The molecule has 5 nitrogen and oxygen atoms in total. The number of ether oxygens (including phenoxy) is 1. The van der Waals surface area contributed by atoms with Gasteiger partial charge in [0, 0.05) is 29.8 Å². The van der Waals surface area contributed by atoms with Crippen LogP contribution in [0.4, 0.5) is 5.82 Å². The lowest BCUT2D eigenvalue weighted by atomic mass is 10.2. The van der Waals surface area contributed by atoms with E-state index in [1.54, 1.807) is 13.2 Å². The van der Waals surface area contributed by atoms with Gasteiger partial charge < -0.3 is 15.0 Å². The largest absolute Gasteiger partial charge is 0.497 e. The minimum absolute atomic E-state index is 0.558. The molecule has 19 heavy (non-hydrogen) atoms. The number of methoxy groups -OCH3 is 1. The first-order valence-electron chi connectivity index (χ1n) is 6.18. The number of fused-ring (bicyclic) bond motifs is 1. The van der Waals surface area contributed by atoms with Crippen LogP contribution in [0.15, 0.2) is 42.7 Å². The fraction of sp³-hybridized carbons (Fsp3) is 0.214. The number of aryl methyl sites for hydroxylation is 2. The molecule has 0 atom stereocenters. The molecule has 0 saturated heterocycles. The summed E-state index contributed by atoms with van der Waals surface area (Å²) in [5.74, 6) is 1.44. The van der Waals surface area contributed by atoms with Gasteiger partial charge in [0.05, 0.1) is 13.7 Å². The highest BCUT2D eigenvalue weighted by Gasteiger charge is 2.03. The van der Waals surface area contributed by atoms with Gasteiger partial charge in [-0.25, -0.2) is 0 Å². The zero-order valence-electron chi connectivity index (χ0n) is 10.8. The minimum Gasteiger partial charge on any atom is -0.497 e. The molecule has 0 aliphatic heterocycles. The Morgan fingerprint density at radius 2 is 2.05 bits per heavy atom. The molecule has 0 radical (unpaired) electrons. The van der Waals surface area contributed by atoms with Crippen molar-refractivity contribution >= 4 is 16.7 Å². The van der Waals surface area contributed by atoms with Gasteiger partial charge in [-0.15, -0.1) is 0 Å². The number of nitrogens with two attached hydrogens (primary N) is 1. The lowest BCUT2D eigenvalue weighted by Crippen LogP contribution is -2.07. The fourth-order valence-electron chi connectivity index (χ4n) is 2.21. The van der Waals surface area contributed by atoms with Gasteiger partial charge in [0.25, 0.3) is 0 Å². The third kappa shape index (κ3) is 2.27. The molecule has 2 heterocycles. The van der Waals surface area contributed by atoms with E-state index in [1.807, 2.05) is 23.0 Å². The summed E-state index contributed by atoms with van der Waals surface area (Å²) < 4.78 is 9.28. The number of hydrogen-bond acceptors (Lipinski definition) is 3. The Kier molecular flexibility index (Phi) is 2.87. The molecular formula is C14H16N4O. The standard InChI is InChI=1S/C14H16N4O/c1-19-12-2-3-13-11(10-12)4-6-17(13)8-9-18-7-5-14(15)16-18/h2-7,10H,8-9H2,1H3,(H2,15,16). The van der Waals surface area contributed by atoms with Crippen molar-refractivity contribution in [3.63, 3.8) is 0 Å². The summed E-state index contributed by atoms with van der Waals surface area (Å²) >= 11 is 0. The number of hydrogen-bond donors (Lipinski definition) is 1. The van der Waals surface area contributed by atoms with Gasteiger partial charge >= 0.3 is 0 Å². The second kappa shape index (κ2) is 4.68. The summed E-state index contributed by atoms with van der Waals surface area (Å²) in [7, 11) is 1.68. The number of aromatic nitrogens is 3. The Morgan fingerprint density at radius 3 is 2.79 bits per heavy atom. The molecule has 1 aromatic carbocycles. The zero-order chi connectivity index (χ0) is 13.2. The zero-order valence-corrected chi connectivity index (χ0v) is 10.8. The van der Waals surface area contributed by atoms with Gasteiger partial charge in [-0.1, -0.05) is 0 Å². The van der Waals surface area contributed by atoms with Crippen molar-refractivity contribution < 1.29 is 4.74 Å². The predicted octanol–water partition coefficient (Wildman–Crippen LogP) is 2.13. The highest BCUT2D eigenvalue weighted by atomic mass is 16.5. The molecule has 0 amide bonds. The maximum absolute atomic E-state index is 5.60. The van der Waals surface area contributed by atoms with Gasteiger partial charge in [0.1, 0.15) is 11.6 Å². The number of benzene rings is 1. The first-order chi connectivity index (χ1) is 9.26. The number of anilines is 1. The van der Waals surface area contributed by atoms with Crippen LogP contribution in [0.25, 0.3) is 10.9 Å². The lowest BCUT2D eigenvalue weighted by Gasteiger charge is -2.06. The summed E-state index contributed by atoms with van der Waals surface area (Å²) in [4.78, 5) is 0. The Hall–Kier alpha value is -2.43. The van der Waals surface area contributed by atoms with Crippen molar-refractivity contribution in [2.24, 2.45) is 0 Å². The molecule has 2 N–H and O–H groups in total. The SMILES string of the molecule is COc1ccc2c(ccn2CCn2ccc(N)n2)c1. The smallest absolute Gasteiger partial charge is 0.145 e. The van der Waals surface area contributed by atoms with Crippen molar-refractivity contribution in [1.29, 1.82) is 0 Å². The first kappa shape index (κ1) is 11.6. The van der Waals surface area contributed by atoms with E-state index in [4.69, 9.17) is 10.5 Å². The van der Waals surface area contributed by atoms with Crippen molar-refractivity contribution in [2.45, 2.75) is 13.1 Å². The second-order valence-corrected chi connectivity index (χ2v) is 4.44. The number of nitrogens with zero attached hydrogens (tertiary/aromatic N) is 3. The van der Waals surface area contributed by atoms with Crippen LogP contribution in [0.2, 0.25) is 0 Å². The van der Waals surface area contributed by atoms with Gasteiger partial charge in [0.2, 0.25) is 0 Å². The fourth-order valence-corrected chi connectivity index (χ4v) is 2.21. The van der Waals surface area contributed by atoms with Crippen LogP contribution in [0.3, 0.4) is 0 Å². The summed E-state index contributed by atoms with van der Waals surface area (Å²) in [6.45, 7) is 1.66. The quantitative estimate of drug-likeness (QED) is 0.778. The van der Waals surface area contributed by atoms with Crippen LogP contribution >= 0.6 is 0 Å². The van der Waals surface area contributed by atoms with Gasteiger partial charge in [-0.2, -0.15) is 5.10 Å². The highest BCUT2D eigenvalue weighted by molar-refractivity contribution is 5.81. The average molecular weight is 256 g/mol. The summed E-state index contributed by atoms with van der Waals surface area (Å²) in [6.07, 6.45) is 3.97. The van der Waals surface area contributed by atoms with E-state index in [0.717, 1.165) is 18.8 Å². The molecule has 0 spiro atoms. The summed E-state index contributed by atoms with van der Waals surface area (Å²) in [5.41, 5.74) is 6.79. The van der Waals surface area contributed by atoms with E-state index in [0.29, 0.717) is 5.82 Å². The van der Waals surface area contributed by atoms with E-state index >= 15 is 0 Å². The van der Waals surface area contributed by atoms with Crippen molar-refractivity contribution in [3.8, 4) is 5.75 Å². The Bertz CT molecular complexity index is 698. The predicted molar refractivity (Wildman–Crippen MR) is 75.1 cm³/mol. The molecule has 0 saturated carbocycles. The molecule has 2 aromatic heterocycles. The van der Waals surface area contributed by atoms with Gasteiger partial charge in [0.15, 0.2) is 0 Å². The molecule has 0 unspecified atom stereocenters. The minimum atomic E-state index is 0.558. The molecule has 98 valence electrons. The molecular weight excluding hydrogens is 240 g/mol. The third-order valence-electron chi connectivity index (χ3n) is 3.21. The number of rotatable bonds is 4. The summed E-state index contributed by atoms with van der Waals surface area (Å²) in [5, 5.41) is 5.36. The topological polar surface area (TPSA) is 58.0 Å². The lowest BCUT2D eigenvalue weighted by molar-refractivity contribution is 0.415. The molecule has 0 fully saturated rings. The monoisotopic (exact) mass is 256 g/mol. The average Bonchev–Trinajstić information content (AvgIpc) is 3.02. The third-order valence-corrected chi connectivity index (χ3v) is 3.21. The van der Waals surface area contributed by atoms with Crippen LogP contribution in [-0.2, 0) is 13.1 Å². The van der Waals surface area contributed by atoms with Crippen LogP contribution in [0, 0.1) is 0 Å². The Morgan fingerprint density at radius 1 is 1.16 bits per heavy atom. The molecule has 5 heteroatoms. The van der Waals surface area contributed by atoms with Crippen LogP contribution in [-0.4, -0.2) is 21.5 Å². The van der Waals surface area contributed by atoms with Crippen molar-refractivity contribution in [3.05, 3.63) is 42.7 Å². The van der Waals surface area contributed by atoms with Crippen LogP contribution < -0.4 is 10.5 Å². The van der Waals surface area contributed by atoms with E-state index in [2.05, 4.69) is 28.0 Å². The van der Waals surface area contributed by atoms with E-state index in [1.165, 1.54) is 10.9 Å². The Labute approximate surface area is 111 Å². The van der Waals surface area contributed by atoms with Gasteiger partial charge in [-0.3, -0.25) is 4.68 Å². The van der Waals surface area contributed by atoms with E-state index in [-0.39, 0.29) is 0 Å². The van der Waals surface area contributed by atoms with E-state index < -0.39 is 0 Å². The summed E-state index contributed by atoms with van der Waals surface area (Å²) in [6, 6.07) is 9.99. The second-order valence-electron chi connectivity index (χ2n) is 4.44. The normalized spacial score (nSPS) is 11.0. The molecule has 3 aromatic rings. The number of nitrogen functional groups attached to an aromatic ring is 1. The van der Waals surface area contributed by atoms with E-state index in [9.17, 15) is 0 Å². The first-order valence-corrected chi connectivity index (χ1v) is 6.18. The van der Waals surface area contributed by atoms with Crippen molar-refractivity contribution in [1.82, 2.24) is 14.3 Å². The maximum atomic E-state index is 5.60. The molecule has 0 bridgehead atoms.